The standard InChI is InChI=1S/C25H23BrCl2N2O2/c1-29-25(32)23(14-17-6-3-2-4-7-17)30(16-19-8-5-9-20(26)12-19)24(31)15-18-10-11-21(27)22(28)13-18/h2-13,23H,14-16H2,1H3,(H,29,32). The topological polar surface area (TPSA) is 49.4 Å². The van der Waals surface area contributed by atoms with Crippen molar-refractivity contribution in [2.24, 2.45) is 0 Å². The first-order valence-corrected chi connectivity index (χ1v) is 11.7. The molecule has 0 aliphatic heterocycles. The van der Waals surface area contributed by atoms with Crippen LogP contribution in [0.1, 0.15) is 16.7 Å². The maximum absolute atomic E-state index is 13.5. The number of nitrogens with one attached hydrogen (secondary N) is 1. The number of nitrogens with zero attached hydrogens (tertiary/aromatic N) is 1. The molecular formula is C25H23BrCl2N2O2. The summed E-state index contributed by atoms with van der Waals surface area (Å²) in [6.45, 7) is 0.296. The highest BCUT2D eigenvalue weighted by atomic mass is 79.9. The molecule has 0 heterocycles. The third kappa shape index (κ3) is 6.58. The molecule has 4 nitrogen and oxygen atoms in total. The molecule has 0 saturated carbocycles. The zero-order valence-corrected chi connectivity index (χ0v) is 20.6. The number of carbonyl (C=O) groups excluding carboxylic acids is 2. The van der Waals surface area contributed by atoms with E-state index in [4.69, 9.17) is 23.2 Å². The van der Waals surface area contributed by atoms with Crippen LogP contribution < -0.4 is 5.32 Å². The third-order valence-electron chi connectivity index (χ3n) is 5.10. The lowest BCUT2D eigenvalue weighted by molar-refractivity contribution is -0.140. The fourth-order valence-corrected chi connectivity index (χ4v) is 4.25. The van der Waals surface area contributed by atoms with Crippen molar-refractivity contribution in [1.82, 2.24) is 10.2 Å². The van der Waals surface area contributed by atoms with Gasteiger partial charge in [-0.25, -0.2) is 0 Å². The first kappa shape index (κ1) is 24.3. The van der Waals surface area contributed by atoms with Gasteiger partial charge in [0.15, 0.2) is 0 Å². The van der Waals surface area contributed by atoms with Gasteiger partial charge in [0.25, 0.3) is 0 Å². The maximum Gasteiger partial charge on any atom is 0.242 e. The van der Waals surface area contributed by atoms with Crippen LogP contribution in [0.4, 0.5) is 0 Å². The summed E-state index contributed by atoms with van der Waals surface area (Å²) in [5, 5.41) is 3.54. The van der Waals surface area contributed by atoms with Gasteiger partial charge >= 0.3 is 0 Å². The fraction of sp³-hybridized carbons (Fsp3) is 0.200. The molecule has 3 aromatic carbocycles. The monoisotopic (exact) mass is 532 g/mol. The quantitative estimate of drug-likeness (QED) is 0.404. The van der Waals surface area contributed by atoms with Crippen LogP contribution in [-0.2, 0) is 29.0 Å². The van der Waals surface area contributed by atoms with Crippen molar-refractivity contribution >= 4 is 50.9 Å². The van der Waals surface area contributed by atoms with Crippen molar-refractivity contribution in [2.45, 2.75) is 25.4 Å². The SMILES string of the molecule is CNC(=O)C(Cc1ccccc1)N(Cc1cccc(Br)c1)C(=O)Cc1ccc(Cl)c(Cl)c1. The van der Waals surface area contributed by atoms with Crippen LogP contribution in [0.5, 0.6) is 0 Å². The van der Waals surface area contributed by atoms with E-state index < -0.39 is 6.04 Å². The molecular weight excluding hydrogens is 511 g/mol. The Bertz CT molecular complexity index is 1090. The van der Waals surface area contributed by atoms with Crippen molar-refractivity contribution in [3.8, 4) is 0 Å². The molecule has 0 bridgehead atoms. The Labute approximate surface area is 206 Å². The Morgan fingerprint density at radius 2 is 1.62 bits per heavy atom. The van der Waals surface area contributed by atoms with Gasteiger partial charge in [0.05, 0.1) is 16.5 Å². The highest BCUT2D eigenvalue weighted by Crippen LogP contribution is 2.24. The molecule has 1 N–H and O–H groups in total. The molecule has 3 rings (SSSR count). The molecule has 0 saturated heterocycles. The summed E-state index contributed by atoms with van der Waals surface area (Å²) in [5.74, 6) is -0.390. The van der Waals surface area contributed by atoms with Crippen LogP contribution in [0.2, 0.25) is 10.0 Å². The largest absolute Gasteiger partial charge is 0.357 e. The molecule has 0 fully saturated rings. The number of hydrogen-bond acceptors (Lipinski definition) is 2. The molecule has 0 aromatic heterocycles. The number of carbonyl (C=O) groups is 2. The first-order valence-electron chi connectivity index (χ1n) is 10.1. The van der Waals surface area contributed by atoms with Gasteiger partial charge in [-0.05, 0) is 41.0 Å². The maximum atomic E-state index is 13.5. The van der Waals surface area contributed by atoms with E-state index in [1.807, 2.05) is 54.6 Å². The second-order valence-corrected chi connectivity index (χ2v) is 9.13. The number of amides is 2. The number of hydrogen-bond donors (Lipinski definition) is 1. The van der Waals surface area contributed by atoms with Crippen molar-refractivity contribution in [3.05, 3.63) is 104 Å². The summed E-state index contributed by atoms with van der Waals surface area (Å²) in [4.78, 5) is 28.1. The van der Waals surface area contributed by atoms with E-state index in [0.29, 0.717) is 23.0 Å². The zero-order chi connectivity index (χ0) is 23.1. The Kier molecular flexibility index (Phi) is 8.74. The van der Waals surface area contributed by atoms with Crippen molar-refractivity contribution in [1.29, 1.82) is 0 Å². The minimum Gasteiger partial charge on any atom is -0.357 e. The van der Waals surface area contributed by atoms with Gasteiger partial charge in [0.1, 0.15) is 6.04 Å². The normalized spacial score (nSPS) is 11.6. The Morgan fingerprint density at radius 1 is 0.906 bits per heavy atom. The molecule has 0 spiro atoms. The molecule has 7 heteroatoms. The molecule has 1 unspecified atom stereocenters. The van der Waals surface area contributed by atoms with Gasteiger partial charge in [0.2, 0.25) is 11.8 Å². The average molecular weight is 534 g/mol. The van der Waals surface area contributed by atoms with Crippen LogP contribution in [-0.4, -0.2) is 29.8 Å². The van der Waals surface area contributed by atoms with Crippen LogP contribution in [0.15, 0.2) is 77.3 Å². The molecule has 0 aliphatic rings. The second kappa shape index (κ2) is 11.5. The molecule has 3 aromatic rings. The summed E-state index contributed by atoms with van der Waals surface area (Å²) >= 11 is 15.6. The average Bonchev–Trinajstić information content (AvgIpc) is 2.79. The number of rotatable bonds is 8. The molecule has 0 aliphatic carbocycles. The van der Waals surface area contributed by atoms with Gasteiger partial charge in [-0.1, -0.05) is 87.7 Å². The van der Waals surface area contributed by atoms with Gasteiger partial charge in [0, 0.05) is 24.5 Å². The van der Waals surface area contributed by atoms with Crippen LogP contribution in [0.25, 0.3) is 0 Å². The summed E-state index contributed by atoms with van der Waals surface area (Å²) in [6.07, 6.45) is 0.509. The highest BCUT2D eigenvalue weighted by Gasteiger charge is 2.30. The summed E-state index contributed by atoms with van der Waals surface area (Å²) in [5.41, 5.74) is 2.63. The first-order chi connectivity index (χ1) is 15.4. The van der Waals surface area contributed by atoms with E-state index in [2.05, 4.69) is 21.2 Å². The van der Waals surface area contributed by atoms with E-state index in [9.17, 15) is 9.59 Å². The Morgan fingerprint density at radius 3 is 2.28 bits per heavy atom. The molecule has 166 valence electrons. The highest BCUT2D eigenvalue weighted by molar-refractivity contribution is 9.10. The van der Waals surface area contributed by atoms with E-state index in [1.54, 1.807) is 30.1 Å². The van der Waals surface area contributed by atoms with Gasteiger partial charge < -0.3 is 10.2 Å². The van der Waals surface area contributed by atoms with Crippen LogP contribution >= 0.6 is 39.1 Å². The van der Waals surface area contributed by atoms with E-state index >= 15 is 0 Å². The number of likely N-dealkylation sites (N-methyl/N-ethyl adjacent to an activating group) is 1. The van der Waals surface area contributed by atoms with E-state index in [1.165, 1.54) is 0 Å². The van der Waals surface area contributed by atoms with E-state index in [0.717, 1.165) is 21.2 Å². The minimum absolute atomic E-state index is 0.104. The van der Waals surface area contributed by atoms with Crippen LogP contribution in [0.3, 0.4) is 0 Å². The zero-order valence-electron chi connectivity index (χ0n) is 17.5. The molecule has 32 heavy (non-hydrogen) atoms. The summed E-state index contributed by atoms with van der Waals surface area (Å²) < 4.78 is 0.909. The summed E-state index contributed by atoms with van der Waals surface area (Å²) in [6, 6.07) is 21.9. The lowest BCUT2D eigenvalue weighted by Gasteiger charge is -2.31. The number of benzene rings is 3. The molecule has 1 atom stereocenters. The van der Waals surface area contributed by atoms with Crippen molar-refractivity contribution < 1.29 is 9.59 Å². The van der Waals surface area contributed by atoms with Crippen molar-refractivity contribution in [2.75, 3.05) is 7.05 Å². The number of halogens is 3. The second-order valence-electron chi connectivity index (χ2n) is 7.40. The molecule has 2 amide bonds. The predicted molar refractivity (Wildman–Crippen MR) is 133 cm³/mol. The van der Waals surface area contributed by atoms with Crippen molar-refractivity contribution in [3.63, 3.8) is 0 Å². The Balaban J connectivity index is 1.95. The minimum atomic E-state index is -0.670. The lowest BCUT2D eigenvalue weighted by atomic mass is 10.0. The fourth-order valence-electron chi connectivity index (χ4n) is 3.48. The van der Waals surface area contributed by atoms with Gasteiger partial charge in [-0.2, -0.15) is 0 Å². The van der Waals surface area contributed by atoms with Gasteiger partial charge in [-0.15, -0.1) is 0 Å². The van der Waals surface area contributed by atoms with E-state index in [-0.39, 0.29) is 18.2 Å². The smallest absolute Gasteiger partial charge is 0.242 e. The van der Waals surface area contributed by atoms with Gasteiger partial charge in [-0.3, -0.25) is 9.59 Å². The summed E-state index contributed by atoms with van der Waals surface area (Å²) in [7, 11) is 1.58. The Hall–Kier alpha value is -2.34. The lowest BCUT2D eigenvalue weighted by Crippen LogP contribution is -2.50. The predicted octanol–water partition coefficient (Wildman–Crippen LogP) is 5.68. The third-order valence-corrected chi connectivity index (χ3v) is 6.33. The van der Waals surface area contributed by atoms with Crippen LogP contribution in [0, 0.1) is 0 Å². The molecule has 0 radical (unpaired) electrons.